The molecule has 1 aliphatic rings. The van der Waals surface area contributed by atoms with Gasteiger partial charge in [-0.15, -0.1) is 11.3 Å². The molecule has 1 unspecified atom stereocenters. The molecule has 1 saturated heterocycles. The highest BCUT2D eigenvalue weighted by Crippen LogP contribution is 2.27. The molecule has 0 bridgehead atoms. The van der Waals surface area contributed by atoms with Crippen molar-refractivity contribution in [2.24, 2.45) is 0 Å². The van der Waals surface area contributed by atoms with Crippen molar-refractivity contribution in [1.82, 2.24) is 19.5 Å². The van der Waals surface area contributed by atoms with E-state index in [2.05, 4.69) is 15.2 Å². The molecule has 7 nitrogen and oxygen atoms in total. The number of nitrogens with zero attached hydrogens (tertiary/aromatic N) is 3. The van der Waals surface area contributed by atoms with Crippen LogP contribution in [-0.2, 0) is 21.4 Å². The smallest absolute Gasteiger partial charge is 0.222 e. The van der Waals surface area contributed by atoms with E-state index >= 15 is 0 Å². The van der Waals surface area contributed by atoms with Crippen molar-refractivity contribution in [3.63, 3.8) is 0 Å². The average Bonchev–Trinajstić information content (AvgIpc) is 3.06. The predicted octanol–water partition coefficient (Wildman–Crippen LogP) is 2.17. The first-order valence-corrected chi connectivity index (χ1v) is 12.5. The molecule has 29 heavy (non-hydrogen) atoms. The summed E-state index contributed by atoms with van der Waals surface area (Å²) in [4.78, 5) is 20.4. The molecule has 1 atom stereocenters. The van der Waals surface area contributed by atoms with Crippen LogP contribution in [0, 0.1) is 6.92 Å². The van der Waals surface area contributed by atoms with Gasteiger partial charge >= 0.3 is 0 Å². The molecule has 0 aliphatic carbocycles. The van der Waals surface area contributed by atoms with Crippen LogP contribution in [0.2, 0.25) is 0 Å². The van der Waals surface area contributed by atoms with Crippen LogP contribution < -0.4 is 5.32 Å². The Labute approximate surface area is 176 Å². The number of rotatable bonds is 4. The minimum atomic E-state index is -3.47. The number of nitrogens with one attached hydrogen (secondary N) is 1. The van der Waals surface area contributed by atoms with Gasteiger partial charge in [-0.3, -0.25) is 9.69 Å². The van der Waals surface area contributed by atoms with Gasteiger partial charge in [-0.25, -0.2) is 13.4 Å². The number of benzene rings is 1. The lowest BCUT2D eigenvalue weighted by Gasteiger charge is -2.30. The monoisotopic (exact) mass is 436 g/mol. The highest BCUT2D eigenvalue weighted by molar-refractivity contribution is 7.88. The summed E-state index contributed by atoms with van der Waals surface area (Å²) >= 11 is 1.63. The van der Waals surface area contributed by atoms with Gasteiger partial charge in [0.05, 0.1) is 23.5 Å². The minimum Gasteiger partial charge on any atom is -0.355 e. The summed E-state index contributed by atoms with van der Waals surface area (Å²) in [6.45, 7) is 5.14. The Morgan fingerprint density at radius 3 is 2.62 bits per heavy atom. The van der Waals surface area contributed by atoms with E-state index in [4.69, 9.17) is 0 Å². The van der Waals surface area contributed by atoms with Gasteiger partial charge in [0.1, 0.15) is 0 Å². The second kappa shape index (κ2) is 9.80. The van der Waals surface area contributed by atoms with E-state index < -0.39 is 16.1 Å². The second-order valence-corrected chi connectivity index (χ2v) is 10.2. The largest absolute Gasteiger partial charge is 0.355 e. The molecule has 1 aliphatic heterocycles. The van der Waals surface area contributed by atoms with Crippen molar-refractivity contribution >= 4 is 27.3 Å². The van der Waals surface area contributed by atoms with E-state index in [1.807, 2.05) is 42.8 Å². The zero-order valence-electron chi connectivity index (χ0n) is 16.9. The van der Waals surface area contributed by atoms with Crippen LogP contribution in [0.1, 0.15) is 35.0 Å². The maximum Gasteiger partial charge on any atom is 0.222 e. The van der Waals surface area contributed by atoms with Gasteiger partial charge in [0.2, 0.25) is 15.9 Å². The van der Waals surface area contributed by atoms with Crippen LogP contribution >= 0.6 is 11.3 Å². The molecule has 158 valence electrons. The van der Waals surface area contributed by atoms with Gasteiger partial charge in [0.25, 0.3) is 0 Å². The van der Waals surface area contributed by atoms with E-state index in [9.17, 15) is 13.2 Å². The van der Waals surface area contributed by atoms with Gasteiger partial charge in [-0.2, -0.15) is 4.31 Å². The SMILES string of the molecule is Cc1ncsc1CN1CCCN(S(C)(=O)=O)C(c2ccccc2)CC(=O)NCC1. The third kappa shape index (κ3) is 6.08. The molecule has 1 aromatic heterocycles. The van der Waals surface area contributed by atoms with Gasteiger partial charge < -0.3 is 5.32 Å². The molecule has 9 heteroatoms. The Hall–Kier alpha value is -1.81. The number of carbonyl (C=O) groups is 1. The Balaban J connectivity index is 1.82. The summed E-state index contributed by atoms with van der Waals surface area (Å²) in [7, 11) is -3.47. The molecule has 1 aromatic carbocycles. The van der Waals surface area contributed by atoms with Gasteiger partial charge in [-0.1, -0.05) is 30.3 Å². The molecule has 1 amide bonds. The van der Waals surface area contributed by atoms with Crippen molar-refractivity contribution in [2.45, 2.75) is 32.4 Å². The van der Waals surface area contributed by atoms with Crippen LogP contribution in [0.25, 0.3) is 0 Å². The molecular weight excluding hydrogens is 408 g/mol. The maximum absolute atomic E-state index is 12.6. The van der Waals surface area contributed by atoms with Crippen LogP contribution in [0.3, 0.4) is 0 Å². The van der Waals surface area contributed by atoms with Crippen molar-refractivity contribution < 1.29 is 13.2 Å². The minimum absolute atomic E-state index is 0.116. The quantitative estimate of drug-likeness (QED) is 0.794. The fourth-order valence-corrected chi connectivity index (χ4v) is 5.55. The summed E-state index contributed by atoms with van der Waals surface area (Å²) in [5.41, 5.74) is 3.70. The second-order valence-electron chi connectivity index (χ2n) is 7.34. The molecule has 0 radical (unpaired) electrons. The number of hydrogen-bond acceptors (Lipinski definition) is 6. The summed E-state index contributed by atoms with van der Waals surface area (Å²) in [6.07, 6.45) is 2.03. The van der Waals surface area contributed by atoms with Crippen molar-refractivity contribution in [1.29, 1.82) is 0 Å². The molecule has 0 saturated carbocycles. The van der Waals surface area contributed by atoms with Crippen molar-refractivity contribution in [3.05, 3.63) is 52.0 Å². The number of amides is 1. The van der Waals surface area contributed by atoms with Gasteiger partial charge in [0.15, 0.2) is 0 Å². The van der Waals surface area contributed by atoms with Crippen molar-refractivity contribution in [2.75, 3.05) is 32.4 Å². The third-order valence-corrected chi connectivity index (χ3v) is 7.36. The average molecular weight is 437 g/mol. The number of thiazole rings is 1. The molecule has 3 rings (SSSR count). The number of aromatic nitrogens is 1. The molecule has 1 N–H and O–H groups in total. The zero-order chi connectivity index (χ0) is 20.9. The molecule has 2 heterocycles. The van der Waals surface area contributed by atoms with E-state index in [1.54, 1.807) is 11.3 Å². The normalized spacial score (nSPS) is 20.8. The molecular formula is C20H28N4O3S2. The van der Waals surface area contributed by atoms with E-state index in [0.717, 1.165) is 30.9 Å². The Morgan fingerprint density at radius 2 is 1.97 bits per heavy atom. The number of carbonyl (C=O) groups excluding carboxylic acids is 1. The topological polar surface area (TPSA) is 82.6 Å². The third-order valence-electron chi connectivity index (χ3n) is 5.15. The Kier molecular flexibility index (Phi) is 7.39. The number of sulfonamides is 1. The first-order chi connectivity index (χ1) is 13.8. The van der Waals surface area contributed by atoms with E-state index in [-0.39, 0.29) is 12.3 Å². The highest BCUT2D eigenvalue weighted by atomic mass is 32.2. The Morgan fingerprint density at radius 1 is 1.21 bits per heavy atom. The molecule has 0 spiro atoms. The van der Waals surface area contributed by atoms with Crippen LogP contribution in [0.5, 0.6) is 0 Å². The van der Waals surface area contributed by atoms with Gasteiger partial charge in [0, 0.05) is 37.5 Å². The lowest BCUT2D eigenvalue weighted by Crippen LogP contribution is -2.38. The van der Waals surface area contributed by atoms with Gasteiger partial charge in [-0.05, 0) is 25.5 Å². The summed E-state index contributed by atoms with van der Waals surface area (Å²) in [5, 5.41) is 2.96. The van der Waals surface area contributed by atoms with Crippen LogP contribution in [-0.4, -0.2) is 60.9 Å². The number of hydrogen-bond donors (Lipinski definition) is 1. The fourth-order valence-electron chi connectivity index (χ4n) is 3.62. The summed E-state index contributed by atoms with van der Waals surface area (Å²) in [5.74, 6) is -0.136. The summed E-state index contributed by atoms with van der Waals surface area (Å²) in [6, 6.07) is 8.90. The first-order valence-electron chi connectivity index (χ1n) is 9.74. The van der Waals surface area contributed by atoms with E-state index in [0.29, 0.717) is 19.5 Å². The van der Waals surface area contributed by atoms with E-state index in [1.165, 1.54) is 15.4 Å². The molecule has 1 fully saturated rings. The lowest BCUT2D eigenvalue weighted by atomic mass is 10.0. The first kappa shape index (κ1) is 21.9. The fraction of sp³-hybridized carbons (Fsp3) is 0.500. The maximum atomic E-state index is 12.6. The predicted molar refractivity (Wildman–Crippen MR) is 115 cm³/mol. The molecule has 2 aromatic rings. The standard InChI is InChI=1S/C20H28N4O3S2/c1-16-19(28-15-22-16)14-23-10-6-11-24(29(2,26)27)18(13-20(25)21-9-12-23)17-7-4-3-5-8-17/h3-5,7-8,15,18H,6,9-14H2,1-2H3,(H,21,25). The number of aryl methyl sites for hydroxylation is 1. The van der Waals surface area contributed by atoms with Crippen molar-refractivity contribution in [3.8, 4) is 0 Å². The Bertz CT molecular complexity index is 915. The zero-order valence-corrected chi connectivity index (χ0v) is 18.5. The summed E-state index contributed by atoms with van der Waals surface area (Å²) < 4.78 is 26.6. The lowest BCUT2D eigenvalue weighted by molar-refractivity contribution is -0.122. The van der Waals surface area contributed by atoms with Crippen LogP contribution in [0.4, 0.5) is 0 Å². The van der Waals surface area contributed by atoms with Crippen LogP contribution in [0.15, 0.2) is 35.8 Å². The highest BCUT2D eigenvalue weighted by Gasteiger charge is 2.30.